The Kier molecular flexibility index (Phi) is 5.46. The number of methoxy groups -OCH3 is 1. The van der Waals surface area contributed by atoms with Crippen LogP contribution in [0.15, 0.2) is 52.4 Å². The topological polar surface area (TPSA) is 100 Å². The van der Waals surface area contributed by atoms with E-state index >= 15 is 0 Å². The summed E-state index contributed by atoms with van der Waals surface area (Å²) in [5.41, 5.74) is 2.05. The number of ether oxygens (including phenoxy) is 1. The molecule has 2 aromatic carbocycles. The fraction of sp³-hybridized carbons (Fsp3) is 0.105. The molecule has 0 radical (unpaired) electrons. The summed E-state index contributed by atoms with van der Waals surface area (Å²) in [7, 11) is 1.46. The van der Waals surface area contributed by atoms with Crippen LogP contribution in [0.3, 0.4) is 0 Å². The minimum atomic E-state index is -0.249. The number of hydrogen-bond donors (Lipinski definition) is 3. The molecule has 8 heteroatoms. The maximum atomic E-state index is 12.2. The van der Waals surface area contributed by atoms with E-state index < -0.39 is 0 Å². The van der Waals surface area contributed by atoms with E-state index in [2.05, 4.69) is 15.6 Å². The molecule has 3 N–H and O–H groups in total. The van der Waals surface area contributed by atoms with Crippen molar-refractivity contribution in [3.05, 3.63) is 52.9 Å². The summed E-state index contributed by atoms with van der Waals surface area (Å²) in [5.74, 6) is -0.0250. The van der Waals surface area contributed by atoms with Gasteiger partial charge in [0.1, 0.15) is 0 Å². The highest BCUT2D eigenvalue weighted by atomic mass is 32.2. The highest BCUT2D eigenvalue weighted by Crippen LogP contribution is 2.31. The van der Waals surface area contributed by atoms with Crippen LogP contribution in [-0.2, 0) is 9.59 Å². The third-order valence-electron chi connectivity index (χ3n) is 3.57. The first kappa shape index (κ1) is 18.5. The zero-order valence-corrected chi connectivity index (χ0v) is 15.5. The van der Waals surface area contributed by atoms with Crippen LogP contribution < -0.4 is 15.4 Å². The number of aromatic hydroxyl groups is 1. The Morgan fingerprint density at radius 1 is 1.26 bits per heavy atom. The molecule has 0 aliphatic carbocycles. The molecule has 2 aromatic rings. The van der Waals surface area contributed by atoms with Crippen molar-refractivity contribution in [1.29, 1.82) is 0 Å². The van der Waals surface area contributed by atoms with Crippen LogP contribution >= 0.6 is 11.8 Å². The number of phenolic OH excluding ortho intramolecular Hbond substituents is 1. The molecule has 0 unspecified atom stereocenters. The van der Waals surface area contributed by atoms with E-state index in [1.807, 2.05) is 0 Å². The molecule has 1 aliphatic rings. The summed E-state index contributed by atoms with van der Waals surface area (Å²) < 4.78 is 5.07. The van der Waals surface area contributed by atoms with Gasteiger partial charge in [0.25, 0.3) is 5.91 Å². The van der Waals surface area contributed by atoms with Gasteiger partial charge in [0.2, 0.25) is 5.91 Å². The van der Waals surface area contributed by atoms with Gasteiger partial charge < -0.3 is 20.5 Å². The van der Waals surface area contributed by atoms with Gasteiger partial charge in [-0.1, -0.05) is 6.07 Å². The lowest BCUT2D eigenvalue weighted by Crippen LogP contribution is -2.19. The van der Waals surface area contributed by atoms with E-state index in [9.17, 15) is 14.7 Å². The van der Waals surface area contributed by atoms with Gasteiger partial charge in [-0.2, -0.15) is 0 Å². The Balaban J connectivity index is 1.76. The van der Waals surface area contributed by atoms with Crippen molar-refractivity contribution >= 4 is 46.2 Å². The molecule has 138 valence electrons. The molecular formula is C19H17N3O4S. The number of nitrogens with zero attached hydrogens (tertiary/aromatic N) is 1. The summed E-state index contributed by atoms with van der Waals surface area (Å²) in [5, 5.41) is 15.5. The van der Waals surface area contributed by atoms with Crippen molar-refractivity contribution in [2.45, 2.75) is 6.92 Å². The number of hydrogen-bond acceptors (Lipinski definition) is 6. The Morgan fingerprint density at radius 2 is 2.00 bits per heavy atom. The molecule has 0 atom stereocenters. The number of benzene rings is 2. The predicted octanol–water partition coefficient (Wildman–Crippen LogP) is 3.25. The normalized spacial score (nSPS) is 16.4. The summed E-state index contributed by atoms with van der Waals surface area (Å²) >= 11 is 1.22. The number of amidine groups is 1. The largest absolute Gasteiger partial charge is 0.504 e. The van der Waals surface area contributed by atoms with Crippen molar-refractivity contribution in [2.75, 3.05) is 12.4 Å². The first-order valence-corrected chi connectivity index (χ1v) is 8.80. The van der Waals surface area contributed by atoms with Gasteiger partial charge in [-0.05, 0) is 59.8 Å². The molecule has 1 aliphatic heterocycles. The standard InChI is InChI=1S/C19H17N3O4S/c1-11(23)20-13-4-6-14(7-5-13)21-19-22-18(25)17(27-19)10-12-3-8-15(24)16(9-12)26-2/h3-10,24H,1-2H3,(H,20,23)(H,21,22,25)/b17-10-. The van der Waals surface area contributed by atoms with Gasteiger partial charge in [0.15, 0.2) is 16.7 Å². The van der Waals surface area contributed by atoms with Gasteiger partial charge in [0.05, 0.1) is 17.7 Å². The molecule has 0 bridgehead atoms. The van der Waals surface area contributed by atoms with Crippen LogP contribution in [-0.4, -0.2) is 29.2 Å². The number of carbonyl (C=O) groups is 2. The van der Waals surface area contributed by atoms with Crippen molar-refractivity contribution in [1.82, 2.24) is 5.32 Å². The lowest BCUT2D eigenvalue weighted by Gasteiger charge is -2.04. The number of carbonyl (C=O) groups excluding carboxylic acids is 2. The lowest BCUT2D eigenvalue weighted by atomic mass is 10.2. The number of thioether (sulfide) groups is 1. The zero-order valence-electron chi connectivity index (χ0n) is 14.6. The maximum absolute atomic E-state index is 12.2. The molecule has 0 saturated carbocycles. The number of anilines is 1. The minimum Gasteiger partial charge on any atom is -0.504 e. The minimum absolute atomic E-state index is 0.0353. The van der Waals surface area contributed by atoms with Crippen molar-refractivity contribution < 1.29 is 19.4 Å². The zero-order chi connectivity index (χ0) is 19.4. The first-order chi connectivity index (χ1) is 12.9. The predicted molar refractivity (Wildman–Crippen MR) is 106 cm³/mol. The number of aliphatic imine (C=N–C) groups is 1. The van der Waals surface area contributed by atoms with Crippen molar-refractivity contribution in [2.24, 2.45) is 4.99 Å². The third kappa shape index (κ3) is 4.68. The van der Waals surface area contributed by atoms with E-state index in [4.69, 9.17) is 4.74 Å². The molecule has 7 nitrogen and oxygen atoms in total. The summed E-state index contributed by atoms with van der Waals surface area (Å²) in [4.78, 5) is 28.1. The SMILES string of the molecule is COc1cc(/C=C2\SC(=Nc3ccc(NC(C)=O)cc3)NC2=O)ccc1O. The Labute approximate surface area is 160 Å². The average molecular weight is 383 g/mol. The molecule has 1 fully saturated rings. The average Bonchev–Trinajstić information content (AvgIpc) is 2.97. The molecule has 1 saturated heterocycles. The van der Waals surface area contributed by atoms with Gasteiger partial charge in [-0.25, -0.2) is 4.99 Å². The monoisotopic (exact) mass is 383 g/mol. The third-order valence-corrected chi connectivity index (χ3v) is 4.48. The molecule has 2 amide bonds. The van der Waals surface area contributed by atoms with Crippen LogP contribution in [0.2, 0.25) is 0 Å². The Morgan fingerprint density at radius 3 is 2.67 bits per heavy atom. The fourth-order valence-electron chi connectivity index (χ4n) is 2.36. The second kappa shape index (κ2) is 7.96. The van der Waals surface area contributed by atoms with Crippen LogP contribution in [0.25, 0.3) is 6.08 Å². The van der Waals surface area contributed by atoms with Crippen LogP contribution in [0.4, 0.5) is 11.4 Å². The van der Waals surface area contributed by atoms with Crippen LogP contribution in [0, 0.1) is 0 Å². The number of nitrogens with one attached hydrogen (secondary N) is 2. The summed E-state index contributed by atoms with van der Waals surface area (Å²) in [6.45, 7) is 1.44. The summed E-state index contributed by atoms with van der Waals surface area (Å²) in [6, 6.07) is 11.8. The highest BCUT2D eigenvalue weighted by Gasteiger charge is 2.23. The molecule has 0 aromatic heterocycles. The fourth-order valence-corrected chi connectivity index (χ4v) is 3.20. The molecule has 27 heavy (non-hydrogen) atoms. The Bertz CT molecular complexity index is 952. The second-order valence-corrected chi connectivity index (χ2v) is 6.67. The van der Waals surface area contributed by atoms with Crippen molar-refractivity contribution in [3.8, 4) is 11.5 Å². The molecular weight excluding hydrogens is 366 g/mol. The summed E-state index contributed by atoms with van der Waals surface area (Å²) in [6.07, 6.45) is 1.70. The number of rotatable bonds is 4. The van der Waals surface area contributed by atoms with E-state index in [1.165, 1.54) is 31.9 Å². The lowest BCUT2D eigenvalue weighted by molar-refractivity contribution is -0.115. The first-order valence-electron chi connectivity index (χ1n) is 7.99. The number of amides is 2. The quantitative estimate of drug-likeness (QED) is 0.704. The smallest absolute Gasteiger partial charge is 0.264 e. The number of phenols is 1. The second-order valence-electron chi connectivity index (χ2n) is 5.64. The van der Waals surface area contributed by atoms with E-state index in [0.29, 0.717) is 27.2 Å². The highest BCUT2D eigenvalue weighted by molar-refractivity contribution is 8.18. The van der Waals surface area contributed by atoms with Gasteiger partial charge in [-0.15, -0.1) is 0 Å². The van der Waals surface area contributed by atoms with Gasteiger partial charge in [0, 0.05) is 12.6 Å². The maximum Gasteiger partial charge on any atom is 0.264 e. The molecule has 0 spiro atoms. The molecule has 1 heterocycles. The van der Waals surface area contributed by atoms with Crippen molar-refractivity contribution in [3.63, 3.8) is 0 Å². The molecule has 3 rings (SSSR count). The van der Waals surface area contributed by atoms with Gasteiger partial charge in [-0.3, -0.25) is 9.59 Å². The van der Waals surface area contributed by atoms with E-state index in [0.717, 1.165) is 5.56 Å². The van der Waals surface area contributed by atoms with Crippen LogP contribution in [0.5, 0.6) is 11.5 Å². The Hall–Kier alpha value is -3.26. The van der Waals surface area contributed by atoms with Crippen LogP contribution in [0.1, 0.15) is 12.5 Å². The van der Waals surface area contributed by atoms with E-state index in [1.54, 1.807) is 42.5 Å². The van der Waals surface area contributed by atoms with E-state index in [-0.39, 0.29) is 17.6 Å². The van der Waals surface area contributed by atoms with Gasteiger partial charge >= 0.3 is 0 Å².